The Morgan fingerprint density at radius 2 is 2.36 bits per heavy atom. The maximum atomic E-state index is 8.62. The van der Waals surface area contributed by atoms with Crippen LogP contribution in [0.5, 0.6) is 0 Å². The minimum atomic E-state index is 0.208. The number of benzene rings is 1. The summed E-state index contributed by atoms with van der Waals surface area (Å²) in [6.07, 6.45) is 4.71. The second-order valence-corrected chi connectivity index (χ2v) is 3.88. The zero-order chi connectivity index (χ0) is 9.80. The van der Waals surface area contributed by atoms with Crippen molar-refractivity contribution in [2.24, 2.45) is 0 Å². The van der Waals surface area contributed by atoms with E-state index >= 15 is 0 Å². The number of hydrogen-bond acceptors (Lipinski definition) is 3. The maximum absolute atomic E-state index is 8.62. The number of fused-ring (bicyclic) bond motifs is 1. The Morgan fingerprint density at radius 1 is 1.43 bits per heavy atom. The summed E-state index contributed by atoms with van der Waals surface area (Å²) in [6.45, 7) is 0.208. The molecule has 0 saturated carbocycles. The first-order chi connectivity index (χ1) is 6.90. The van der Waals surface area contributed by atoms with Crippen molar-refractivity contribution in [2.45, 2.75) is 6.42 Å². The van der Waals surface area contributed by atoms with Gasteiger partial charge in [-0.3, -0.25) is 0 Å². The van der Waals surface area contributed by atoms with Gasteiger partial charge in [-0.15, -0.1) is 11.3 Å². The standard InChI is InChI=1S/C11H11NOS/c13-6-2-1-3-9-4-5-10-11(7-9)14-8-12-10/h1,3-5,7-8,13H,2,6H2. The number of aliphatic hydroxyl groups excluding tert-OH is 1. The van der Waals surface area contributed by atoms with E-state index in [2.05, 4.69) is 11.1 Å². The van der Waals surface area contributed by atoms with Gasteiger partial charge in [-0.2, -0.15) is 0 Å². The van der Waals surface area contributed by atoms with Crippen molar-refractivity contribution in [3.05, 3.63) is 35.3 Å². The Labute approximate surface area is 86.5 Å². The summed E-state index contributed by atoms with van der Waals surface area (Å²) in [7, 11) is 0. The summed E-state index contributed by atoms with van der Waals surface area (Å²) in [5, 5.41) is 8.62. The molecule has 14 heavy (non-hydrogen) atoms. The molecule has 1 aromatic carbocycles. The number of aliphatic hydroxyl groups is 1. The molecule has 0 atom stereocenters. The SMILES string of the molecule is OCCC=Cc1ccc2ncsc2c1. The molecule has 72 valence electrons. The van der Waals surface area contributed by atoms with E-state index in [-0.39, 0.29) is 6.61 Å². The van der Waals surface area contributed by atoms with E-state index < -0.39 is 0 Å². The molecule has 0 bridgehead atoms. The van der Waals surface area contributed by atoms with Gasteiger partial charge in [0.05, 0.1) is 15.7 Å². The number of rotatable bonds is 3. The molecule has 0 fully saturated rings. The molecule has 1 aromatic heterocycles. The van der Waals surface area contributed by atoms with Crippen LogP contribution in [0.3, 0.4) is 0 Å². The van der Waals surface area contributed by atoms with Gasteiger partial charge >= 0.3 is 0 Å². The van der Waals surface area contributed by atoms with Crippen molar-refractivity contribution in [3.63, 3.8) is 0 Å². The quantitative estimate of drug-likeness (QED) is 0.835. The van der Waals surface area contributed by atoms with Crippen LogP contribution in [-0.4, -0.2) is 16.7 Å². The fourth-order valence-electron chi connectivity index (χ4n) is 1.27. The fourth-order valence-corrected chi connectivity index (χ4v) is 1.99. The van der Waals surface area contributed by atoms with E-state index in [0.717, 1.165) is 11.1 Å². The van der Waals surface area contributed by atoms with Crippen LogP contribution in [-0.2, 0) is 0 Å². The van der Waals surface area contributed by atoms with Gasteiger partial charge in [-0.25, -0.2) is 4.98 Å². The number of nitrogens with zero attached hydrogens (tertiary/aromatic N) is 1. The first kappa shape index (κ1) is 9.37. The Kier molecular flexibility index (Phi) is 2.91. The highest BCUT2D eigenvalue weighted by Gasteiger charge is 1.95. The summed E-state index contributed by atoms with van der Waals surface area (Å²) < 4.78 is 1.20. The van der Waals surface area contributed by atoms with Crippen molar-refractivity contribution in [1.82, 2.24) is 4.98 Å². The molecule has 2 nitrogen and oxygen atoms in total. The predicted octanol–water partition coefficient (Wildman–Crippen LogP) is 2.69. The van der Waals surface area contributed by atoms with Crippen molar-refractivity contribution in [1.29, 1.82) is 0 Å². The summed E-state index contributed by atoms with van der Waals surface area (Å²) in [5.41, 5.74) is 4.07. The lowest BCUT2D eigenvalue weighted by atomic mass is 10.2. The number of hydrogen-bond donors (Lipinski definition) is 1. The van der Waals surface area contributed by atoms with Crippen LogP contribution in [0.4, 0.5) is 0 Å². The van der Waals surface area contributed by atoms with Crippen molar-refractivity contribution in [2.75, 3.05) is 6.61 Å². The predicted molar refractivity (Wildman–Crippen MR) is 60.4 cm³/mol. The molecule has 2 aromatic rings. The van der Waals surface area contributed by atoms with Crippen LogP contribution in [0.25, 0.3) is 16.3 Å². The smallest absolute Gasteiger partial charge is 0.0812 e. The second kappa shape index (κ2) is 4.35. The summed E-state index contributed by atoms with van der Waals surface area (Å²) in [4.78, 5) is 4.21. The minimum Gasteiger partial charge on any atom is -0.396 e. The molecule has 2 rings (SSSR count). The lowest BCUT2D eigenvalue weighted by Crippen LogP contribution is -1.76. The molecule has 0 aliphatic heterocycles. The van der Waals surface area contributed by atoms with Gasteiger partial charge < -0.3 is 5.11 Å². The highest BCUT2D eigenvalue weighted by molar-refractivity contribution is 7.16. The molecular formula is C11H11NOS. The monoisotopic (exact) mass is 205 g/mol. The summed E-state index contributed by atoms with van der Waals surface area (Å²) >= 11 is 1.65. The van der Waals surface area contributed by atoms with Crippen molar-refractivity contribution < 1.29 is 5.11 Å². The summed E-state index contributed by atoms with van der Waals surface area (Å²) in [6, 6.07) is 6.17. The fraction of sp³-hybridized carbons (Fsp3) is 0.182. The molecule has 0 amide bonds. The van der Waals surface area contributed by atoms with Crippen LogP contribution in [0.1, 0.15) is 12.0 Å². The third-order valence-electron chi connectivity index (χ3n) is 1.96. The molecule has 0 aliphatic rings. The number of aromatic nitrogens is 1. The second-order valence-electron chi connectivity index (χ2n) is 2.99. The van der Waals surface area contributed by atoms with E-state index in [4.69, 9.17) is 5.11 Å². The van der Waals surface area contributed by atoms with E-state index in [1.54, 1.807) is 11.3 Å². The molecule has 0 aliphatic carbocycles. The number of thiazole rings is 1. The average Bonchev–Trinajstić information content (AvgIpc) is 2.65. The molecule has 1 heterocycles. The largest absolute Gasteiger partial charge is 0.396 e. The molecule has 0 spiro atoms. The third kappa shape index (κ3) is 2.00. The van der Waals surface area contributed by atoms with Gasteiger partial charge in [-0.1, -0.05) is 18.2 Å². The third-order valence-corrected chi connectivity index (χ3v) is 2.75. The van der Waals surface area contributed by atoms with E-state index in [0.29, 0.717) is 6.42 Å². The molecule has 0 radical (unpaired) electrons. The van der Waals surface area contributed by atoms with Crippen molar-refractivity contribution >= 4 is 27.6 Å². The van der Waals surface area contributed by atoms with Crippen LogP contribution in [0.15, 0.2) is 29.8 Å². The van der Waals surface area contributed by atoms with Gasteiger partial charge in [0.15, 0.2) is 0 Å². The zero-order valence-corrected chi connectivity index (χ0v) is 8.50. The molecule has 0 unspecified atom stereocenters. The van der Waals surface area contributed by atoms with Crippen LogP contribution in [0, 0.1) is 0 Å². The summed E-state index contributed by atoms with van der Waals surface area (Å²) in [5.74, 6) is 0. The Hall–Kier alpha value is -1.19. The maximum Gasteiger partial charge on any atom is 0.0812 e. The first-order valence-corrected chi connectivity index (χ1v) is 5.39. The molecule has 3 heteroatoms. The lowest BCUT2D eigenvalue weighted by Gasteiger charge is -1.92. The van der Waals surface area contributed by atoms with Crippen LogP contribution in [0.2, 0.25) is 0 Å². The Morgan fingerprint density at radius 3 is 3.21 bits per heavy atom. The van der Waals surface area contributed by atoms with E-state index in [1.807, 2.05) is 29.8 Å². The topological polar surface area (TPSA) is 33.1 Å². The molecule has 0 saturated heterocycles. The van der Waals surface area contributed by atoms with Crippen LogP contribution >= 0.6 is 11.3 Å². The molecule has 1 N–H and O–H groups in total. The average molecular weight is 205 g/mol. The zero-order valence-electron chi connectivity index (χ0n) is 7.68. The van der Waals surface area contributed by atoms with Crippen LogP contribution < -0.4 is 0 Å². The Bertz CT molecular complexity index is 447. The van der Waals surface area contributed by atoms with Gasteiger partial charge in [0.1, 0.15) is 0 Å². The van der Waals surface area contributed by atoms with Crippen molar-refractivity contribution in [3.8, 4) is 0 Å². The van der Waals surface area contributed by atoms with E-state index in [1.165, 1.54) is 4.70 Å². The van der Waals surface area contributed by atoms with Gasteiger partial charge in [-0.05, 0) is 24.1 Å². The molecular weight excluding hydrogens is 194 g/mol. The lowest BCUT2D eigenvalue weighted by molar-refractivity contribution is 0.303. The Balaban J connectivity index is 2.25. The normalized spacial score (nSPS) is 11.5. The highest BCUT2D eigenvalue weighted by Crippen LogP contribution is 2.19. The minimum absolute atomic E-state index is 0.208. The van der Waals surface area contributed by atoms with Gasteiger partial charge in [0.25, 0.3) is 0 Å². The first-order valence-electron chi connectivity index (χ1n) is 4.51. The van der Waals surface area contributed by atoms with E-state index in [9.17, 15) is 0 Å². The highest BCUT2D eigenvalue weighted by atomic mass is 32.1. The van der Waals surface area contributed by atoms with Gasteiger partial charge in [0.2, 0.25) is 0 Å². The van der Waals surface area contributed by atoms with Gasteiger partial charge in [0, 0.05) is 6.61 Å².